The third kappa shape index (κ3) is 1.99. The largest absolute Gasteiger partial charge is 0.465 e. The van der Waals surface area contributed by atoms with Crippen LogP contribution in [0.5, 0.6) is 0 Å². The molecule has 102 valence electrons. The Morgan fingerprint density at radius 1 is 1.20 bits per heavy atom. The fraction of sp³-hybridized carbons (Fsp3) is 0.188. The molecule has 1 heterocycles. The number of rotatable bonds is 2. The number of nitrogens with zero attached hydrogens (tertiary/aromatic N) is 1. The van der Waals surface area contributed by atoms with Crippen LogP contribution in [0.2, 0.25) is 0 Å². The van der Waals surface area contributed by atoms with Gasteiger partial charge in [0.25, 0.3) is 0 Å². The summed E-state index contributed by atoms with van der Waals surface area (Å²) in [6, 6.07) is 13.6. The summed E-state index contributed by atoms with van der Waals surface area (Å²) in [5.74, 6) is -0.364. The number of carbonyl (C=O) groups is 1. The molecule has 1 aliphatic rings. The maximum absolute atomic E-state index is 12.0. The SMILES string of the molecule is COC(=O)c1cc(N)ccc1N1CCc2ccccc21. The van der Waals surface area contributed by atoms with E-state index in [2.05, 4.69) is 17.0 Å². The van der Waals surface area contributed by atoms with E-state index in [1.54, 1.807) is 6.07 Å². The monoisotopic (exact) mass is 268 g/mol. The number of benzene rings is 2. The Labute approximate surface area is 117 Å². The van der Waals surface area contributed by atoms with Crippen LogP contribution >= 0.6 is 0 Å². The first kappa shape index (κ1) is 12.5. The molecule has 0 aromatic heterocycles. The molecule has 0 fully saturated rings. The quantitative estimate of drug-likeness (QED) is 0.672. The van der Waals surface area contributed by atoms with Crippen LogP contribution in [0.15, 0.2) is 42.5 Å². The predicted octanol–water partition coefficient (Wildman–Crippen LogP) is 2.75. The van der Waals surface area contributed by atoms with Crippen LogP contribution in [0.25, 0.3) is 0 Å². The van der Waals surface area contributed by atoms with Crippen molar-refractivity contribution in [2.75, 3.05) is 24.3 Å². The second kappa shape index (κ2) is 4.89. The molecule has 2 aromatic carbocycles. The number of hydrogen-bond acceptors (Lipinski definition) is 4. The van der Waals surface area contributed by atoms with E-state index in [0.717, 1.165) is 24.3 Å². The average molecular weight is 268 g/mol. The van der Waals surface area contributed by atoms with E-state index in [1.807, 2.05) is 24.3 Å². The molecule has 4 nitrogen and oxygen atoms in total. The number of hydrogen-bond donors (Lipinski definition) is 1. The lowest BCUT2D eigenvalue weighted by Crippen LogP contribution is -2.17. The van der Waals surface area contributed by atoms with Crippen molar-refractivity contribution in [3.8, 4) is 0 Å². The van der Waals surface area contributed by atoms with Crippen LogP contribution in [-0.4, -0.2) is 19.6 Å². The van der Waals surface area contributed by atoms with Gasteiger partial charge in [-0.3, -0.25) is 0 Å². The highest BCUT2D eigenvalue weighted by Gasteiger charge is 2.24. The molecular weight excluding hydrogens is 252 g/mol. The van der Waals surface area contributed by atoms with Gasteiger partial charge in [-0.05, 0) is 36.2 Å². The highest BCUT2D eigenvalue weighted by molar-refractivity contribution is 5.98. The molecule has 0 saturated carbocycles. The van der Waals surface area contributed by atoms with Crippen molar-refractivity contribution in [1.82, 2.24) is 0 Å². The Kier molecular flexibility index (Phi) is 3.06. The van der Waals surface area contributed by atoms with Gasteiger partial charge in [-0.15, -0.1) is 0 Å². The summed E-state index contributed by atoms with van der Waals surface area (Å²) in [7, 11) is 1.38. The minimum absolute atomic E-state index is 0.364. The predicted molar refractivity (Wildman–Crippen MR) is 79.3 cm³/mol. The van der Waals surface area contributed by atoms with Crippen molar-refractivity contribution >= 4 is 23.0 Å². The van der Waals surface area contributed by atoms with E-state index >= 15 is 0 Å². The minimum atomic E-state index is -0.364. The van der Waals surface area contributed by atoms with E-state index in [4.69, 9.17) is 10.5 Å². The molecule has 0 amide bonds. The van der Waals surface area contributed by atoms with Gasteiger partial charge < -0.3 is 15.4 Å². The number of carbonyl (C=O) groups excluding carboxylic acids is 1. The van der Waals surface area contributed by atoms with E-state index < -0.39 is 0 Å². The molecule has 0 radical (unpaired) electrons. The molecule has 3 rings (SSSR count). The molecule has 0 spiro atoms. The lowest BCUT2D eigenvalue weighted by molar-refractivity contribution is 0.0601. The molecular formula is C16H16N2O2. The summed E-state index contributed by atoms with van der Waals surface area (Å²) < 4.78 is 4.86. The van der Waals surface area contributed by atoms with Crippen molar-refractivity contribution in [1.29, 1.82) is 0 Å². The number of nitrogen functional groups attached to an aromatic ring is 1. The van der Waals surface area contributed by atoms with Crippen LogP contribution in [0.3, 0.4) is 0 Å². The second-order valence-electron chi connectivity index (χ2n) is 4.80. The van der Waals surface area contributed by atoms with Gasteiger partial charge in [0.1, 0.15) is 0 Å². The maximum Gasteiger partial charge on any atom is 0.340 e. The molecule has 2 N–H and O–H groups in total. The van der Waals surface area contributed by atoms with Gasteiger partial charge in [0, 0.05) is 17.9 Å². The molecule has 1 aliphatic heterocycles. The van der Waals surface area contributed by atoms with E-state index in [9.17, 15) is 4.79 Å². The minimum Gasteiger partial charge on any atom is -0.465 e. The van der Waals surface area contributed by atoms with Gasteiger partial charge in [0.05, 0.1) is 18.4 Å². The summed E-state index contributed by atoms with van der Waals surface area (Å²) >= 11 is 0. The summed E-state index contributed by atoms with van der Waals surface area (Å²) in [5, 5.41) is 0. The lowest BCUT2D eigenvalue weighted by Gasteiger charge is -2.22. The Balaban J connectivity index is 2.10. The Morgan fingerprint density at radius 3 is 2.80 bits per heavy atom. The standard InChI is InChI=1S/C16H16N2O2/c1-20-16(19)13-10-12(17)6-7-15(13)18-9-8-11-4-2-3-5-14(11)18/h2-7,10H,8-9,17H2,1H3. The topological polar surface area (TPSA) is 55.6 Å². The fourth-order valence-electron chi connectivity index (χ4n) is 2.65. The summed E-state index contributed by atoms with van der Waals surface area (Å²) in [4.78, 5) is 14.1. The van der Waals surface area contributed by atoms with Gasteiger partial charge in [-0.25, -0.2) is 4.79 Å². The van der Waals surface area contributed by atoms with Crippen LogP contribution in [0.4, 0.5) is 17.1 Å². The Morgan fingerprint density at radius 2 is 2.00 bits per heavy atom. The second-order valence-corrected chi connectivity index (χ2v) is 4.80. The Bertz CT molecular complexity index is 667. The van der Waals surface area contributed by atoms with Crippen LogP contribution in [0.1, 0.15) is 15.9 Å². The van der Waals surface area contributed by atoms with Gasteiger partial charge >= 0.3 is 5.97 Å². The molecule has 0 unspecified atom stereocenters. The first-order valence-corrected chi connectivity index (χ1v) is 6.54. The highest BCUT2D eigenvalue weighted by Crippen LogP contribution is 2.36. The third-order valence-electron chi connectivity index (χ3n) is 3.60. The first-order chi connectivity index (χ1) is 9.70. The van der Waals surface area contributed by atoms with E-state index in [1.165, 1.54) is 12.7 Å². The van der Waals surface area contributed by atoms with Crippen LogP contribution in [-0.2, 0) is 11.2 Å². The molecule has 20 heavy (non-hydrogen) atoms. The maximum atomic E-state index is 12.0. The summed E-state index contributed by atoms with van der Waals surface area (Å²) in [5.41, 5.74) is 10.1. The zero-order valence-electron chi connectivity index (χ0n) is 11.3. The number of ether oxygens (including phenoxy) is 1. The molecule has 2 aromatic rings. The summed E-state index contributed by atoms with van der Waals surface area (Å²) in [6.07, 6.45) is 0.973. The zero-order chi connectivity index (χ0) is 14.1. The van der Waals surface area contributed by atoms with Crippen LogP contribution in [0, 0.1) is 0 Å². The number of fused-ring (bicyclic) bond motifs is 1. The van der Waals surface area contributed by atoms with Crippen molar-refractivity contribution in [3.05, 3.63) is 53.6 Å². The highest BCUT2D eigenvalue weighted by atomic mass is 16.5. The van der Waals surface area contributed by atoms with Crippen LogP contribution < -0.4 is 10.6 Å². The molecule has 0 bridgehead atoms. The van der Waals surface area contributed by atoms with Crippen molar-refractivity contribution in [2.24, 2.45) is 0 Å². The number of nitrogens with two attached hydrogens (primary N) is 1. The number of esters is 1. The molecule has 0 saturated heterocycles. The van der Waals surface area contributed by atoms with Gasteiger partial charge in [-0.1, -0.05) is 18.2 Å². The first-order valence-electron chi connectivity index (χ1n) is 6.54. The number of para-hydroxylation sites is 1. The zero-order valence-corrected chi connectivity index (χ0v) is 11.3. The summed E-state index contributed by atoms with van der Waals surface area (Å²) in [6.45, 7) is 0.854. The fourth-order valence-corrected chi connectivity index (χ4v) is 2.65. The molecule has 0 aliphatic carbocycles. The number of anilines is 3. The van der Waals surface area contributed by atoms with Gasteiger partial charge in [0.2, 0.25) is 0 Å². The third-order valence-corrected chi connectivity index (χ3v) is 3.60. The van der Waals surface area contributed by atoms with Gasteiger partial charge in [0.15, 0.2) is 0 Å². The molecule has 0 atom stereocenters. The van der Waals surface area contributed by atoms with Gasteiger partial charge in [-0.2, -0.15) is 0 Å². The number of methoxy groups -OCH3 is 1. The van der Waals surface area contributed by atoms with E-state index in [-0.39, 0.29) is 5.97 Å². The Hall–Kier alpha value is -2.49. The molecule has 4 heteroatoms. The average Bonchev–Trinajstić information content (AvgIpc) is 2.90. The van der Waals surface area contributed by atoms with E-state index in [0.29, 0.717) is 11.3 Å². The smallest absolute Gasteiger partial charge is 0.340 e. The van der Waals surface area contributed by atoms with Crippen molar-refractivity contribution in [3.63, 3.8) is 0 Å². The van der Waals surface area contributed by atoms with Crippen molar-refractivity contribution in [2.45, 2.75) is 6.42 Å². The van der Waals surface area contributed by atoms with Crippen molar-refractivity contribution < 1.29 is 9.53 Å². The normalized spacial score (nSPS) is 13.2. The lowest BCUT2D eigenvalue weighted by atomic mass is 10.1.